The van der Waals surface area contributed by atoms with E-state index in [0.717, 1.165) is 25.2 Å². The molecule has 0 spiro atoms. The summed E-state index contributed by atoms with van der Waals surface area (Å²) in [5, 5.41) is 11.0. The van der Waals surface area contributed by atoms with E-state index in [4.69, 9.17) is 0 Å². The van der Waals surface area contributed by atoms with Crippen molar-refractivity contribution >= 4 is 0 Å². The molecule has 0 amide bonds. The zero-order valence-corrected chi connectivity index (χ0v) is 12.8. The molecule has 2 unspecified atom stereocenters. The minimum atomic E-state index is -0.448. The first-order chi connectivity index (χ1) is 9.68. The molecule has 0 saturated heterocycles. The normalized spacial score (nSPS) is 30.0. The summed E-state index contributed by atoms with van der Waals surface area (Å²) in [5.41, 5.74) is 3.97. The Hall–Kier alpha value is -0.820. The highest BCUT2D eigenvalue weighted by molar-refractivity contribution is 5.35. The Balaban J connectivity index is 1.69. The van der Waals surface area contributed by atoms with Gasteiger partial charge in [0.2, 0.25) is 0 Å². The molecule has 1 N–H and O–H groups in total. The van der Waals surface area contributed by atoms with E-state index in [1.165, 1.54) is 61.6 Å². The van der Waals surface area contributed by atoms with Crippen LogP contribution < -0.4 is 0 Å². The second-order valence-electron chi connectivity index (χ2n) is 7.06. The maximum atomic E-state index is 11.0. The zero-order valence-electron chi connectivity index (χ0n) is 12.8. The quantitative estimate of drug-likeness (QED) is 0.807. The van der Waals surface area contributed by atoms with Crippen LogP contribution in [0, 0.1) is 5.92 Å². The van der Waals surface area contributed by atoms with Crippen LogP contribution in [0.3, 0.4) is 0 Å². The summed E-state index contributed by atoms with van der Waals surface area (Å²) in [7, 11) is 0. The van der Waals surface area contributed by atoms with Crippen molar-refractivity contribution in [2.24, 2.45) is 5.92 Å². The molecule has 1 heteroatoms. The standard InChI is InChI=1S/C19H28O/c1-2-15-5-4-11-19(20,12-10-15)14-16-8-9-17-6-3-7-18(17)13-16/h8-9,13,15,20H,2-7,10-12,14H2,1H3. The lowest BCUT2D eigenvalue weighted by atomic mass is 9.86. The zero-order chi connectivity index (χ0) is 14.0. The molecule has 2 aliphatic rings. The van der Waals surface area contributed by atoms with Gasteiger partial charge in [-0.3, -0.25) is 0 Å². The van der Waals surface area contributed by atoms with E-state index in [2.05, 4.69) is 25.1 Å². The van der Waals surface area contributed by atoms with Crippen LogP contribution in [0.25, 0.3) is 0 Å². The maximum absolute atomic E-state index is 11.0. The van der Waals surface area contributed by atoms with Crippen molar-refractivity contribution in [3.8, 4) is 0 Å². The maximum Gasteiger partial charge on any atom is 0.0688 e. The van der Waals surface area contributed by atoms with Crippen molar-refractivity contribution < 1.29 is 5.11 Å². The average Bonchev–Trinajstić information content (AvgIpc) is 2.82. The lowest BCUT2D eigenvalue weighted by molar-refractivity contribution is 0.0241. The summed E-state index contributed by atoms with van der Waals surface area (Å²) >= 11 is 0. The molecule has 0 aromatic heterocycles. The molecular formula is C19H28O. The smallest absolute Gasteiger partial charge is 0.0688 e. The first-order valence-electron chi connectivity index (χ1n) is 8.51. The van der Waals surface area contributed by atoms with Crippen LogP contribution in [-0.4, -0.2) is 10.7 Å². The Labute approximate surface area is 123 Å². The topological polar surface area (TPSA) is 20.2 Å². The Bertz CT molecular complexity index is 465. The van der Waals surface area contributed by atoms with E-state index in [9.17, 15) is 5.11 Å². The fourth-order valence-corrected chi connectivity index (χ4v) is 4.16. The Kier molecular flexibility index (Phi) is 4.16. The summed E-state index contributed by atoms with van der Waals surface area (Å²) in [6, 6.07) is 6.92. The van der Waals surface area contributed by atoms with Gasteiger partial charge in [0.1, 0.15) is 0 Å². The van der Waals surface area contributed by atoms with Crippen LogP contribution in [0.1, 0.15) is 68.6 Å². The number of rotatable bonds is 3. The van der Waals surface area contributed by atoms with Gasteiger partial charge in [-0.2, -0.15) is 0 Å². The van der Waals surface area contributed by atoms with E-state index in [0.29, 0.717) is 0 Å². The van der Waals surface area contributed by atoms with Gasteiger partial charge in [-0.15, -0.1) is 0 Å². The fraction of sp³-hybridized carbons (Fsp3) is 0.684. The molecule has 2 aliphatic carbocycles. The van der Waals surface area contributed by atoms with E-state index in [1.807, 2.05) is 0 Å². The lowest BCUT2D eigenvalue weighted by Crippen LogP contribution is -2.30. The van der Waals surface area contributed by atoms with E-state index >= 15 is 0 Å². The highest BCUT2D eigenvalue weighted by atomic mass is 16.3. The molecule has 1 aromatic carbocycles. The van der Waals surface area contributed by atoms with Crippen molar-refractivity contribution in [2.45, 2.75) is 76.7 Å². The van der Waals surface area contributed by atoms with Crippen molar-refractivity contribution in [2.75, 3.05) is 0 Å². The second-order valence-corrected chi connectivity index (χ2v) is 7.06. The number of aryl methyl sites for hydroxylation is 2. The monoisotopic (exact) mass is 272 g/mol. The molecule has 0 radical (unpaired) electrons. The molecule has 1 aromatic rings. The van der Waals surface area contributed by atoms with E-state index in [-0.39, 0.29) is 0 Å². The van der Waals surface area contributed by atoms with Crippen LogP contribution in [0.4, 0.5) is 0 Å². The van der Waals surface area contributed by atoms with Gasteiger partial charge < -0.3 is 5.11 Å². The number of hydrogen-bond donors (Lipinski definition) is 1. The number of fused-ring (bicyclic) bond motifs is 1. The summed E-state index contributed by atoms with van der Waals surface area (Å²) in [6.45, 7) is 2.29. The molecular weight excluding hydrogens is 244 g/mol. The number of aliphatic hydroxyl groups is 1. The van der Waals surface area contributed by atoms with Gasteiger partial charge in [-0.05, 0) is 61.1 Å². The fourth-order valence-electron chi connectivity index (χ4n) is 4.16. The van der Waals surface area contributed by atoms with Crippen molar-refractivity contribution in [1.29, 1.82) is 0 Å². The van der Waals surface area contributed by atoms with Crippen LogP contribution >= 0.6 is 0 Å². The molecule has 1 fully saturated rings. The lowest BCUT2D eigenvalue weighted by Gasteiger charge is -2.27. The van der Waals surface area contributed by atoms with Gasteiger partial charge in [-0.1, -0.05) is 44.4 Å². The second kappa shape index (κ2) is 5.89. The predicted molar refractivity (Wildman–Crippen MR) is 84.0 cm³/mol. The third-order valence-corrected chi connectivity index (χ3v) is 5.55. The first kappa shape index (κ1) is 14.1. The van der Waals surface area contributed by atoms with Crippen LogP contribution in [-0.2, 0) is 19.3 Å². The summed E-state index contributed by atoms with van der Waals surface area (Å²) < 4.78 is 0. The Morgan fingerprint density at radius 2 is 1.95 bits per heavy atom. The molecule has 20 heavy (non-hydrogen) atoms. The highest BCUT2D eigenvalue weighted by Crippen LogP contribution is 2.34. The van der Waals surface area contributed by atoms with Crippen molar-refractivity contribution in [3.05, 3.63) is 34.9 Å². The average molecular weight is 272 g/mol. The first-order valence-corrected chi connectivity index (χ1v) is 8.51. The van der Waals surface area contributed by atoms with E-state index in [1.54, 1.807) is 0 Å². The molecule has 0 aliphatic heterocycles. The molecule has 0 bridgehead atoms. The predicted octanol–water partition coefficient (Wildman–Crippen LogP) is 4.44. The molecule has 1 nitrogen and oxygen atoms in total. The van der Waals surface area contributed by atoms with E-state index < -0.39 is 5.60 Å². The molecule has 3 rings (SSSR count). The van der Waals surface area contributed by atoms with Gasteiger partial charge in [0, 0.05) is 6.42 Å². The molecule has 0 heterocycles. The highest BCUT2D eigenvalue weighted by Gasteiger charge is 2.30. The minimum Gasteiger partial charge on any atom is -0.390 e. The van der Waals surface area contributed by atoms with Crippen LogP contribution in [0.2, 0.25) is 0 Å². The van der Waals surface area contributed by atoms with Gasteiger partial charge in [-0.25, -0.2) is 0 Å². The molecule has 2 atom stereocenters. The van der Waals surface area contributed by atoms with Gasteiger partial charge in [0.05, 0.1) is 5.60 Å². The summed E-state index contributed by atoms with van der Waals surface area (Å²) in [4.78, 5) is 0. The SMILES string of the molecule is CCC1CCCC(O)(Cc2ccc3c(c2)CCC3)CC1. The Morgan fingerprint density at radius 1 is 1.10 bits per heavy atom. The van der Waals surface area contributed by atoms with Gasteiger partial charge in [0.25, 0.3) is 0 Å². The number of benzene rings is 1. The van der Waals surface area contributed by atoms with Gasteiger partial charge >= 0.3 is 0 Å². The van der Waals surface area contributed by atoms with Crippen LogP contribution in [0.15, 0.2) is 18.2 Å². The third kappa shape index (κ3) is 3.09. The summed E-state index contributed by atoms with van der Waals surface area (Å²) in [6.07, 6.45) is 11.6. The molecule has 110 valence electrons. The minimum absolute atomic E-state index is 0.448. The number of hydrogen-bond acceptors (Lipinski definition) is 1. The summed E-state index contributed by atoms with van der Waals surface area (Å²) in [5.74, 6) is 0.837. The largest absolute Gasteiger partial charge is 0.390 e. The van der Waals surface area contributed by atoms with Crippen molar-refractivity contribution in [3.63, 3.8) is 0 Å². The van der Waals surface area contributed by atoms with Crippen molar-refractivity contribution in [1.82, 2.24) is 0 Å². The van der Waals surface area contributed by atoms with Gasteiger partial charge in [0.15, 0.2) is 0 Å². The Morgan fingerprint density at radius 3 is 2.80 bits per heavy atom. The van der Waals surface area contributed by atoms with Crippen LogP contribution in [0.5, 0.6) is 0 Å². The third-order valence-electron chi connectivity index (χ3n) is 5.55. The molecule has 1 saturated carbocycles.